The lowest BCUT2D eigenvalue weighted by molar-refractivity contribution is -0.384. The van der Waals surface area contributed by atoms with E-state index in [1.807, 2.05) is 12.1 Å². The van der Waals surface area contributed by atoms with Crippen molar-refractivity contribution >= 4 is 39.1 Å². The summed E-state index contributed by atoms with van der Waals surface area (Å²) in [5.41, 5.74) is 3.82. The number of non-ortho nitro benzene ring substituents is 1. The number of benzene rings is 3. The summed E-state index contributed by atoms with van der Waals surface area (Å²) in [5.74, 6) is -0.498. The third-order valence-corrected chi connectivity index (χ3v) is 7.09. The summed E-state index contributed by atoms with van der Waals surface area (Å²) < 4.78 is 6.17. The molecule has 0 spiro atoms. The van der Waals surface area contributed by atoms with Gasteiger partial charge in [-0.25, -0.2) is 4.79 Å². The van der Waals surface area contributed by atoms with Crippen molar-refractivity contribution in [2.75, 3.05) is 11.9 Å². The van der Waals surface area contributed by atoms with E-state index in [4.69, 9.17) is 4.74 Å². The summed E-state index contributed by atoms with van der Waals surface area (Å²) in [6.45, 7) is -0.329. The van der Waals surface area contributed by atoms with E-state index in [0.717, 1.165) is 27.7 Å². The molecular formula is C27H21BrN2O5. The summed E-state index contributed by atoms with van der Waals surface area (Å²) in [6.07, 6.45) is 5.14. The van der Waals surface area contributed by atoms with Crippen molar-refractivity contribution in [1.29, 1.82) is 0 Å². The van der Waals surface area contributed by atoms with Crippen molar-refractivity contribution in [2.24, 2.45) is 5.92 Å². The highest BCUT2D eigenvalue weighted by Crippen LogP contribution is 2.50. The van der Waals surface area contributed by atoms with Crippen LogP contribution in [0.2, 0.25) is 0 Å². The zero-order chi connectivity index (χ0) is 24.5. The Morgan fingerprint density at radius 3 is 2.46 bits per heavy atom. The number of hydrogen-bond donors (Lipinski definition) is 1. The second-order valence-electron chi connectivity index (χ2n) is 8.63. The number of ketones is 1. The van der Waals surface area contributed by atoms with Crippen LogP contribution < -0.4 is 5.32 Å². The lowest BCUT2D eigenvalue weighted by Crippen LogP contribution is -2.29. The van der Waals surface area contributed by atoms with Crippen LogP contribution in [-0.4, -0.2) is 23.3 Å². The van der Waals surface area contributed by atoms with Crippen LogP contribution in [0.3, 0.4) is 0 Å². The average Bonchev–Trinajstić information content (AvgIpc) is 3.37. The van der Waals surface area contributed by atoms with Crippen molar-refractivity contribution in [1.82, 2.24) is 0 Å². The Hall–Kier alpha value is -3.78. The molecule has 0 bridgehead atoms. The second-order valence-corrected chi connectivity index (χ2v) is 9.55. The van der Waals surface area contributed by atoms with Gasteiger partial charge < -0.3 is 10.1 Å². The van der Waals surface area contributed by atoms with Gasteiger partial charge in [0.15, 0.2) is 12.4 Å². The lowest BCUT2D eigenvalue weighted by atomic mass is 9.76. The normalized spacial score (nSPS) is 19.9. The number of nitrogens with one attached hydrogen (secondary N) is 1. The minimum Gasteiger partial charge on any atom is -0.454 e. The van der Waals surface area contributed by atoms with Crippen LogP contribution in [0.15, 0.2) is 83.4 Å². The van der Waals surface area contributed by atoms with Gasteiger partial charge in [0, 0.05) is 33.8 Å². The van der Waals surface area contributed by atoms with Crippen molar-refractivity contribution in [2.45, 2.75) is 18.4 Å². The highest BCUT2D eigenvalue weighted by atomic mass is 79.9. The van der Waals surface area contributed by atoms with Gasteiger partial charge >= 0.3 is 5.97 Å². The number of fused-ring (bicyclic) bond motifs is 3. The molecule has 1 aliphatic carbocycles. The van der Waals surface area contributed by atoms with Crippen molar-refractivity contribution in [3.05, 3.63) is 116 Å². The van der Waals surface area contributed by atoms with Crippen LogP contribution in [-0.2, 0) is 4.74 Å². The Labute approximate surface area is 210 Å². The number of ether oxygens (including phenoxy) is 1. The van der Waals surface area contributed by atoms with Gasteiger partial charge in [-0.2, -0.15) is 0 Å². The fourth-order valence-corrected chi connectivity index (χ4v) is 5.05. The second kappa shape index (κ2) is 9.46. The van der Waals surface area contributed by atoms with Crippen molar-refractivity contribution in [3.8, 4) is 0 Å². The van der Waals surface area contributed by atoms with E-state index >= 15 is 0 Å². The molecule has 35 heavy (non-hydrogen) atoms. The maximum atomic E-state index is 12.7. The quantitative estimate of drug-likeness (QED) is 0.133. The van der Waals surface area contributed by atoms with Gasteiger partial charge in [-0.1, -0.05) is 52.3 Å². The standard InChI is InChI=1S/C27H21BrN2O5/c28-19-9-4-16(5-10-19)25(31)15-35-27(32)18-8-13-24-23(14-18)21-2-1-3-22(21)26(29-24)17-6-11-20(12-7-17)30(33)34/h1-2,4-14,21-22,26,29H,3,15H2/t21-,22+,26+/m0/s1. The third-order valence-electron chi connectivity index (χ3n) is 6.56. The van der Waals surface area contributed by atoms with E-state index < -0.39 is 10.9 Å². The molecular weight excluding hydrogens is 512 g/mol. The number of nitrogens with zero attached hydrogens (tertiary/aromatic N) is 1. The molecule has 3 aromatic rings. The fraction of sp³-hybridized carbons (Fsp3) is 0.185. The Kier molecular flexibility index (Phi) is 6.21. The molecule has 8 heteroatoms. The Morgan fingerprint density at radius 1 is 1.03 bits per heavy atom. The average molecular weight is 533 g/mol. The molecule has 176 valence electrons. The summed E-state index contributed by atoms with van der Waals surface area (Å²) in [5, 5.41) is 14.6. The topological polar surface area (TPSA) is 98.5 Å². The first-order valence-electron chi connectivity index (χ1n) is 11.2. The Bertz CT molecular complexity index is 1330. The van der Waals surface area contributed by atoms with Gasteiger partial charge in [0.2, 0.25) is 0 Å². The van der Waals surface area contributed by atoms with E-state index in [-0.39, 0.29) is 36.0 Å². The number of Topliss-reactive ketones (excluding diaryl/α,β-unsaturated/α-hetero) is 1. The minimum atomic E-state index is -0.547. The van der Waals surface area contributed by atoms with E-state index in [1.165, 1.54) is 12.1 Å². The number of anilines is 1. The van der Waals surface area contributed by atoms with Crippen molar-refractivity contribution in [3.63, 3.8) is 0 Å². The minimum absolute atomic E-state index is 0.00960. The lowest BCUT2D eigenvalue weighted by Gasteiger charge is -2.37. The summed E-state index contributed by atoms with van der Waals surface area (Å²) in [6, 6.07) is 18.9. The predicted molar refractivity (Wildman–Crippen MR) is 135 cm³/mol. The van der Waals surface area contributed by atoms with Crippen LogP contribution in [0.25, 0.3) is 0 Å². The van der Waals surface area contributed by atoms with Crippen LogP contribution in [0.4, 0.5) is 11.4 Å². The van der Waals surface area contributed by atoms with Crippen molar-refractivity contribution < 1.29 is 19.2 Å². The number of nitro groups is 1. The molecule has 3 atom stereocenters. The van der Waals surface area contributed by atoms with Gasteiger partial charge in [-0.05, 0) is 53.8 Å². The summed E-state index contributed by atoms with van der Waals surface area (Å²) in [4.78, 5) is 35.7. The Morgan fingerprint density at radius 2 is 1.74 bits per heavy atom. The third kappa shape index (κ3) is 4.61. The van der Waals surface area contributed by atoms with Gasteiger partial charge in [-0.15, -0.1) is 0 Å². The number of allylic oxidation sites excluding steroid dienone is 2. The maximum Gasteiger partial charge on any atom is 0.338 e. The zero-order valence-electron chi connectivity index (χ0n) is 18.5. The van der Waals surface area contributed by atoms with Gasteiger partial charge in [-0.3, -0.25) is 14.9 Å². The van der Waals surface area contributed by atoms with E-state index in [0.29, 0.717) is 11.1 Å². The van der Waals surface area contributed by atoms with Crippen LogP contribution in [0.1, 0.15) is 50.2 Å². The molecule has 0 amide bonds. The van der Waals surface area contributed by atoms with Gasteiger partial charge in [0.25, 0.3) is 5.69 Å². The number of halogens is 1. The smallest absolute Gasteiger partial charge is 0.338 e. The monoisotopic (exact) mass is 532 g/mol. The number of hydrogen-bond acceptors (Lipinski definition) is 6. The van der Waals surface area contributed by atoms with E-state index in [1.54, 1.807) is 42.5 Å². The predicted octanol–water partition coefficient (Wildman–Crippen LogP) is 6.22. The first kappa shape index (κ1) is 23.0. The Balaban J connectivity index is 1.33. The molecule has 0 unspecified atom stereocenters. The molecule has 0 aromatic heterocycles. The van der Waals surface area contributed by atoms with Crippen LogP contribution in [0, 0.1) is 16.0 Å². The summed E-state index contributed by atoms with van der Waals surface area (Å²) >= 11 is 3.33. The molecule has 3 aromatic carbocycles. The molecule has 0 saturated carbocycles. The maximum absolute atomic E-state index is 12.7. The highest BCUT2D eigenvalue weighted by molar-refractivity contribution is 9.10. The zero-order valence-corrected chi connectivity index (χ0v) is 20.1. The molecule has 0 fully saturated rings. The number of esters is 1. The number of carbonyl (C=O) groups is 2. The number of nitro benzene ring substituents is 1. The molecule has 1 heterocycles. The molecule has 2 aliphatic rings. The first-order chi connectivity index (χ1) is 16.9. The SMILES string of the molecule is O=C(COC(=O)c1ccc2c(c1)[C@H]1C=CC[C@H]1[C@@H](c1ccc([N+](=O)[O-])cc1)N2)c1ccc(Br)cc1. The van der Waals surface area contributed by atoms with E-state index in [2.05, 4.69) is 33.4 Å². The fourth-order valence-electron chi connectivity index (χ4n) is 4.79. The van der Waals surface area contributed by atoms with E-state index in [9.17, 15) is 19.7 Å². The molecule has 5 rings (SSSR count). The first-order valence-corrected chi connectivity index (χ1v) is 12.0. The number of carbonyl (C=O) groups excluding carboxylic acids is 2. The van der Waals surface area contributed by atoms with Crippen LogP contribution in [0.5, 0.6) is 0 Å². The number of rotatable bonds is 6. The molecule has 0 radical (unpaired) electrons. The molecule has 0 saturated heterocycles. The van der Waals surface area contributed by atoms with Crippen LogP contribution >= 0.6 is 15.9 Å². The van der Waals surface area contributed by atoms with Gasteiger partial charge in [0.05, 0.1) is 16.5 Å². The molecule has 1 N–H and O–H groups in total. The highest BCUT2D eigenvalue weighted by Gasteiger charge is 2.38. The molecule has 1 aliphatic heterocycles. The summed E-state index contributed by atoms with van der Waals surface area (Å²) in [7, 11) is 0. The largest absolute Gasteiger partial charge is 0.454 e. The van der Waals surface area contributed by atoms with Gasteiger partial charge in [0.1, 0.15) is 0 Å². The molecule has 7 nitrogen and oxygen atoms in total.